The number of carbonyl (C=O) groups is 2. The molecule has 2 fully saturated rings. The fourth-order valence-corrected chi connectivity index (χ4v) is 8.55. The molecular weight excluding hydrogens is 692 g/mol. The number of aliphatic carboxylic acids is 1. The Morgan fingerprint density at radius 2 is 1.85 bits per heavy atom. The molecule has 7 unspecified atom stereocenters. The van der Waals surface area contributed by atoms with E-state index in [1.165, 1.54) is 0 Å². The smallest absolute Gasteiger partial charge is 0.317 e. The third-order valence-electron chi connectivity index (χ3n) is 11.0. The Kier molecular flexibility index (Phi) is 9.21. The highest BCUT2D eigenvalue weighted by Gasteiger charge is 2.57. The molecule has 8 rings (SSSR count). The second-order valence-electron chi connectivity index (χ2n) is 14.2. The maximum atomic E-state index is 11.9. The van der Waals surface area contributed by atoms with Crippen LogP contribution in [0.4, 0.5) is 0 Å². The fraction of sp³-hybridized carbons (Fsp3) is 0.500. The molecule has 1 aliphatic carbocycles. The Morgan fingerprint density at radius 3 is 2.58 bits per heavy atom. The van der Waals surface area contributed by atoms with E-state index in [1.54, 1.807) is 26.5 Å². The molecule has 15 heteroatoms. The Morgan fingerprint density at radius 1 is 1.04 bits per heavy atom. The van der Waals surface area contributed by atoms with Crippen LogP contribution >= 0.6 is 0 Å². The van der Waals surface area contributed by atoms with Crippen LogP contribution < -0.4 is 23.7 Å². The Bertz CT molecular complexity index is 1890. The van der Waals surface area contributed by atoms with Gasteiger partial charge in [0.1, 0.15) is 60.6 Å². The van der Waals surface area contributed by atoms with Gasteiger partial charge in [0, 0.05) is 48.3 Å². The molecule has 0 radical (unpaired) electrons. The molecule has 1 spiro atoms. The Hall–Kier alpha value is -4.83. The highest BCUT2D eigenvalue weighted by molar-refractivity contribution is 5.90. The van der Waals surface area contributed by atoms with E-state index in [9.17, 15) is 24.9 Å². The fourth-order valence-electron chi connectivity index (χ4n) is 8.55. The van der Waals surface area contributed by atoms with Gasteiger partial charge in [0.15, 0.2) is 11.5 Å². The number of fused-ring (bicyclic) bond motifs is 7. The van der Waals surface area contributed by atoms with Gasteiger partial charge in [-0.1, -0.05) is 12.5 Å². The summed E-state index contributed by atoms with van der Waals surface area (Å²) in [5, 5.41) is 41.2. The topological polar surface area (TPSA) is 195 Å². The number of carboxylic acids is 1. The van der Waals surface area contributed by atoms with E-state index in [2.05, 4.69) is 9.89 Å². The third kappa shape index (κ3) is 6.24. The molecule has 2 aromatic rings. The van der Waals surface area contributed by atoms with Crippen LogP contribution in [0.3, 0.4) is 0 Å². The van der Waals surface area contributed by atoms with Gasteiger partial charge in [0.25, 0.3) is 0 Å². The SMILES string of the molecule is COc1ccc2c(c1OC)OC1c3c(CN4C=C5N=CC=C5C4)cc(OC4OC(COC(=O)CC(=O)O)C(O)C(O)C4O)cc3OC3(CCCCC3)C21. The summed E-state index contributed by atoms with van der Waals surface area (Å²) < 4.78 is 42.6. The number of aliphatic imine (C=N–C) groups is 1. The van der Waals surface area contributed by atoms with E-state index in [4.69, 9.17) is 38.3 Å². The lowest BCUT2D eigenvalue weighted by molar-refractivity contribution is -0.278. The highest BCUT2D eigenvalue weighted by atomic mass is 16.7. The number of ether oxygens (including phenoxy) is 7. The van der Waals surface area contributed by atoms with E-state index < -0.39 is 67.4 Å². The minimum atomic E-state index is -1.72. The van der Waals surface area contributed by atoms with E-state index >= 15 is 0 Å². The zero-order valence-electron chi connectivity index (χ0n) is 29.3. The number of allylic oxidation sites excluding steroid dienone is 1. The maximum absolute atomic E-state index is 11.9. The van der Waals surface area contributed by atoms with Gasteiger partial charge in [-0.25, -0.2) is 0 Å². The second kappa shape index (κ2) is 13.9. The normalized spacial score (nSPS) is 28.8. The van der Waals surface area contributed by atoms with Crippen LogP contribution in [0.2, 0.25) is 0 Å². The average molecular weight is 735 g/mol. The first kappa shape index (κ1) is 35.2. The number of carboxylic acid groups (broad SMARTS) is 1. The minimum absolute atomic E-state index is 0.149. The van der Waals surface area contributed by atoms with Gasteiger partial charge >= 0.3 is 11.9 Å². The molecule has 5 aliphatic heterocycles. The summed E-state index contributed by atoms with van der Waals surface area (Å²) in [4.78, 5) is 29.4. The van der Waals surface area contributed by atoms with Crippen molar-refractivity contribution in [1.29, 1.82) is 0 Å². The zero-order chi connectivity index (χ0) is 37.0. The summed E-state index contributed by atoms with van der Waals surface area (Å²) in [6, 6.07) is 7.49. The largest absolute Gasteiger partial charge is 0.493 e. The molecule has 53 heavy (non-hydrogen) atoms. The molecule has 7 atom stereocenters. The first-order valence-electron chi connectivity index (χ1n) is 17.8. The van der Waals surface area contributed by atoms with Crippen molar-refractivity contribution >= 4 is 18.2 Å². The molecule has 1 saturated carbocycles. The van der Waals surface area contributed by atoms with Crippen molar-refractivity contribution in [1.82, 2.24) is 4.90 Å². The zero-order valence-corrected chi connectivity index (χ0v) is 29.3. The van der Waals surface area contributed by atoms with Gasteiger partial charge in [-0.15, -0.1) is 0 Å². The van der Waals surface area contributed by atoms with E-state index in [-0.39, 0.29) is 11.7 Å². The number of nitrogens with zero attached hydrogens (tertiary/aromatic N) is 2. The minimum Gasteiger partial charge on any atom is -0.493 e. The molecular formula is C38H42N2O13. The molecule has 4 N–H and O–H groups in total. The van der Waals surface area contributed by atoms with Crippen molar-refractivity contribution in [3.8, 4) is 28.7 Å². The Labute approximate surface area is 305 Å². The molecule has 0 bridgehead atoms. The third-order valence-corrected chi connectivity index (χ3v) is 11.0. The van der Waals surface area contributed by atoms with Crippen LogP contribution in [0.1, 0.15) is 67.2 Å². The molecule has 15 nitrogen and oxygen atoms in total. The lowest BCUT2D eigenvalue weighted by Gasteiger charge is -2.48. The van der Waals surface area contributed by atoms with Crippen molar-refractivity contribution in [2.75, 3.05) is 27.4 Å². The quantitative estimate of drug-likeness (QED) is 0.206. The molecule has 5 heterocycles. The summed E-state index contributed by atoms with van der Waals surface area (Å²) in [6.45, 7) is 0.485. The van der Waals surface area contributed by atoms with Crippen LogP contribution in [0.5, 0.6) is 28.7 Å². The van der Waals surface area contributed by atoms with Crippen molar-refractivity contribution in [2.45, 2.75) is 93.4 Å². The lowest BCUT2D eigenvalue weighted by Crippen LogP contribution is -2.60. The van der Waals surface area contributed by atoms with Crippen LogP contribution in [-0.2, 0) is 25.6 Å². The van der Waals surface area contributed by atoms with Crippen LogP contribution in [0.15, 0.2) is 52.8 Å². The number of hydrogen-bond donors (Lipinski definition) is 4. The van der Waals surface area contributed by atoms with E-state index in [0.717, 1.165) is 60.1 Å². The second-order valence-corrected chi connectivity index (χ2v) is 14.2. The molecule has 2 aromatic carbocycles. The van der Waals surface area contributed by atoms with Gasteiger partial charge in [-0.2, -0.15) is 0 Å². The summed E-state index contributed by atoms with van der Waals surface area (Å²) >= 11 is 0. The monoisotopic (exact) mass is 734 g/mol. The van der Waals surface area contributed by atoms with Gasteiger partial charge in [-0.05, 0) is 49.5 Å². The lowest BCUT2D eigenvalue weighted by atomic mass is 9.68. The number of aliphatic hydroxyl groups is 3. The first-order chi connectivity index (χ1) is 25.6. The Balaban J connectivity index is 1.17. The number of benzene rings is 2. The van der Waals surface area contributed by atoms with Gasteiger partial charge in [-0.3, -0.25) is 14.6 Å². The summed E-state index contributed by atoms with van der Waals surface area (Å²) in [5.74, 6) is -0.0743. The van der Waals surface area contributed by atoms with Crippen molar-refractivity contribution in [2.24, 2.45) is 4.99 Å². The number of carbonyl (C=O) groups excluding carboxylic acids is 1. The predicted octanol–water partition coefficient (Wildman–Crippen LogP) is 2.89. The number of esters is 1. The molecule has 1 saturated heterocycles. The van der Waals surface area contributed by atoms with E-state index in [0.29, 0.717) is 36.1 Å². The van der Waals surface area contributed by atoms with Crippen molar-refractivity contribution in [3.05, 3.63) is 64.5 Å². The number of aliphatic hydroxyl groups excluding tert-OH is 3. The average Bonchev–Trinajstić information content (AvgIpc) is 3.85. The highest BCUT2D eigenvalue weighted by Crippen LogP contribution is 2.64. The van der Waals surface area contributed by atoms with Gasteiger partial charge in [0.2, 0.25) is 12.0 Å². The number of methoxy groups -OCH3 is 2. The van der Waals surface area contributed by atoms with Crippen LogP contribution in [0.25, 0.3) is 0 Å². The summed E-state index contributed by atoms with van der Waals surface area (Å²) in [5.41, 5.74) is 4.05. The van der Waals surface area contributed by atoms with Crippen LogP contribution in [0, 0.1) is 0 Å². The molecule has 0 amide bonds. The van der Waals surface area contributed by atoms with Crippen LogP contribution in [-0.4, -0.2) is 107 Å². The van der Waals surface area contributed by atoms with E-state index in [1.807, 2.05) is 30.5 Å². The predicted molar refractivity (Wildman–Crippen MR) is 184 cm³/mol. The molecule has 6 aliphatic rings. The molecule has 282 valence electrons. The standard InChI is InChI=1S/C38H42N2O13/c1-47-24-7-6-22-30-36(52-34(22)35(24)48-2)29-20(16-40-15-19-8-11-39-23(19)17-40)12-21(13-25(29)53-38(30)9-4-3-5-10-38)50-37-33(46)32(45)31(44)26(51-37)18-49-28(43)14-27(41)42/h6-8,11-13,17,26,30-33,36-37,44-46H,3-5,9-10,14-16,18H2,1-2H3,(H,41,42). The van der Waals surface area contributed by atoms with Gasteiger partial charge < -0.3 is 58.5 Å². The van der Waals surface area contributed by atoms with Crippen molar-refractivity contribution in [3.63, 3.8) is 0 Å². The maximum Gasteiger partial charge on any atom is 0.317 e. The summed E-state index contributed by atoms with van der Waals surface area (Å²) in [6.07, 6.45) is 1.19. The summed E-state index contributed by atoms with van der Waals surface area (Å²) in [7, 11) is 3.18. The van der Waals surface area contributed by atoms with Crippen molar-refractivity contribution < 1.29 is 63.2 Å². The number of hydrogen-bond acceptors (Lipinski definition) is 14. The first-order valence-corrected chi connectivity index (χ1v) is 17.8. The molecule has 0 aromatic heterocycles. The number of rotatable bonds is 10. The van der Waals surface area contributed by atoms with Gasteiger partial charge in [0.05, 0.1) is 25.8 Å².